The maximum atomic E-state index is 14.7. The highest BCUT2D eigenvalue weighted by atomic mass is 19.2. The van der Waals surface area contributed by atoms with Crippen LogP contribution in [0.25, 0.3) is 22.3 Å². The molecule has 0 bridgehead atoms. The van der Waals surface area contributed by atoms with E-state index in [9.17, 15) is 13.6 Å². The first-order valence-electron chi connectivity index (χ1n) is 7.90. The van der Waals surface area contributed by atoms with E-state index in [4.69, 9.17) is 0 Å². The van der Waals surface area contributed by atoms with E-state index in [-0.39, 0.29) is 16.7 Å². The van der Waals surface area contributed by atoms with Crippen molar-refractivity contribution in [1.82, 2.24) is 5.32 Å². The zero-order valence-electron chi connectivity index (χ0n) is 13.9. The van der Waals surface area contributed by atoms with E-state index in [2.05, 4.69) is 5.32 Å². The van der Waals surface area contributed by atoms with Crippen LogP contribution in [0.1, 0.15) is 15.9 Å². The Hall–Kier alpha value is -3.01. The summed E-state index contributed by atoms with van der Waals surface area (Å²) in [6.07, 6.45) is 0. The average Bonchev–Trinajstić information content (AvgIpc) is 2.66. The van der Waals surface area contributed by atoms with Gasteiger partial charge in [0.1, 0.15) is 0 Å². The molecule has 25 heavy (non-hydrogen) atoms. The summed E-state index contributed by atoms with van der Waals surface area (Å²) in [6.45, 7) is 1.40. The second-order valence-corrected chi connectivity index (χ2v) is 5.72. The van der Waals surface area contributed by atoms with E-state index in [1.807, 2.05) is 42.5 Å². The third kappa shape index (κ3) is 3.03. The number of rotatable bonds is 3. The summed E-state index contributed by atoms with van der Waals surface area (Å²) in [5, 5.41) is 2.47. The number of benzene rings is 3. The van der Waals surface area contributed by atoms with Gasteiger partial charge in [0.25, 0.3) is 5.91 Å². The van der Waals surface area contributed by atoms with Crippen LogP contribution in [0.4, 0.5) is 8.78 Å². The smallest absolute Gasteiger partial charge is 0.251 e. The molecule has 0 saturated heterocycles. The Bertz CT molecular complexity index is 936. The Morgan fingerprint density at radius 1 is 0.840 bits per heavy atom. The zero-order chi connectivity index (χ0) is 18.0. The molecule has 3 rings (SSSR count). The predicted molar refractivity (Wildman–Crippen MR) is 95.4 cm³/mol. The molecule has 0 aliphatic rings. The first kappa shape index (κ1) is 16.8. The van der Waals surface area contributed by atoms with Crippen molar-refractivity contribution in [3.05, 3.63) is 83.4 Å². The van der Waals surface area contributed by atoms with Crippen molar-refractivity contribution in [1.29, 1.82) is 0 Å². The highest BCUT2D eigenvalue weighted by Gasteiger charge is 2.21. The lowest BCUT2D eigenvalue weighted by Crippen LogP contribution is -2.20. The molecule has 0 radical (unpaired) electrons. The number of carbonyl (C=O) groups is 1. The van der Waals surface area contributed by atoms with Gasteiger partial charge in [-0.2, -0.15) is 0 Å². The molecule has 0 heterocycles. The summed E-state index contributed by atoms with van der Waals surface area (Å²) in [4.78, 5) is 12.0. The van der Waals surface area contributed by atoms with Gasteiger partial charge >= 0.3 is 0 Å². The molecule has 126 valence electrons. The van der Waals surface area contributed by atoms with Gasteiger partial charge in [-0.3, -0.25) is 4.79 Å². The molecule has 0 aromatic heterocycles. The lowest BCUT2D eigenvalue weighted by molar-refractivity contribution is 0.0962. The van der Waals surface area contributed by atoms with Crippen molar-refractivity contribution in [2.75, 3.05) is 7.05 Å². The van der Waals surface area contributed by atoms with Crippen molar-refractivity contribution in [2.24, 2.45) is 0 Å². The second-order valence-electron chi connectivity index (χ2n) is 5.72. The van der Waals surface area contributed by atoms with Crippen LogP contribution >= 0.6 is 0 Å². The second kappa shape index (κ2) is 6.85. The van der Waals surface area contributed by atoms with Crippen LogP contribution < -0.4 is 5.32 Å². The molecule has 4 heteroatoms. The largest absolute Gasteiger partial charge is 0.355 e. The number of amides is 1. The molecule has 3 aromatic rings. The summed E-state index contributed by atoms with van der Waals surface area (Å²) in [5.41, 5.74) is 2.39. The van der Waals surface area contributed by atoms with E-state index < -0.39 is 17.5 Å². The lowest BCUT2D eigenvalue weighted by Gasteiger charge is -2.14. The molecule has 0 aliphatic carbocycles. The molecule has 0 saturated carbocycles. The number of halogens is 2. The molecular weight excluding hydrogens is 320 g/mol. The van der Waals surface area contributed by atoms with Crippen molar-refractivity contribution >= 4 is 5.91 Å². The minimum atomic E-state index is -1.00. The molecule has 0 fully saturated rings. The van der Waals surface area contributed by atoms with Gasteiger partial charge < -0.3 is 5.32 Å². The predicted octanol–water partition coefficient (Wildman–Crippen LogP) is 4.97. The lowest BCUT2D eigenvalue weighted by atomic mass is 9.91. The Labute approximate surface area is 145 Å². The van der Waals surface area contributed by atoms with Gasteiger partial charge in [-0.25, -0.2) is 8.78 Å². The van der Waals surface area contributed by atoms with Gasteiger partial charge in [0.15, 0.2) is 11.6 Å². The molecule has 0 atom stereocenters. The highest BCUT2D eigenvalue weighted by molar-refractivity contribution is 5.97. The minimum absolute atomic E-state index is 0.00204. The first-order chi connectivity index (χ1) is 12.0. The molecule has 3 aromatic carbocycles. The van der Waals surface area contributed by atoms with Crippen molar-refractivity contribution in [3.63, 3.8) is 0 Å². The number of hydrogen-bond donors (Lipinski definition) is 1. The van der Waals surface area contributed by atoms with Crippen LogP contribution in [-0.2, 0) is 0 Å². The Kier molecular flexibility index (Phi) is 4.61. The molecule has 1 N–H and O–H groups in total. The van der Waals surface area contributed by atoms with Gasteiger partial charge in [0.05, 0.1) is 0 Å². The maximum absolute atomic E-state index is 14.7. The van der Waals surface area contributed by atoms with Crippen LogP contribution in [-0.4, -0.2) is 13.0 Å². The van der Waals surface area contributed by atoms with Gasteiger partial charge in [-0.15, -0.1) is 0 Å². The summed E-state index contributed by atoms with van der Waals surface area (Å²) in [6, 6.07) is 18.1. The van der Waals surface area contributed by atoms with Gasteiger partial charge in [0, 0.05) is 23.7 Å². The van der Waals surface area contributed by atoms with E-state index in [0.29, 0.717) is 5.56 Å². The van der Waals surface area contributed by atoms with Gasteiger partial charge in [-0.05, 0) is 29.7 Å². The Balaban J connectivity index is 2.28. The molecule has 2 nitrogen and oxygen atoms in total. The summed E-state index contributed by atoms with van der Waals surface area (Å²) in [7, 11) is 1.46. The van der Waals surface area contributed by atoms with Crippen LogP contribution in [0.15, 0.2) is 60.7 Å². The topological polar surface area (TPSA) is 29.1 Å². The number of hydrogen-bond acceptors (Lipinski definition) is 1. The third-order valence-electron chi connectivity index (χ3n) is 4.22. The highest BCUT2D eigenvalue weighted by Crippen LogP contribution is 2.35. The summed E-state index contributed by atoms with van der Waals surface area (Å²) in [5.74, 6) is -2.40. The fourth-order valence-corrected chi connectivity index (χ4v) is 2.87. The fraction of sp³-hybridized carbons (Fsp3) is 0.0952. The zero-order valence-corrected chi connectivity index (χ0v) is 13.9. The SMILES string of the molecule is CNC(=O)c1cc(-c2ccccc2-c2ccccc2)c(F)c(F)c1C. The van der Waals surface area contributed by atoms with Crippen LogP contribution in [0, 0.1) is 18.6 Å². The minimum Gasteiger partial charge on any atom is -0.355 e. The van der Waals surface area contributed by atoms with Crippen LogP contribution in [0.3, 0.4) is 0 Å². The third-order valence-corrected chi connectivity index (χ3v) is 4.22. The number of carbonyl (C=O) groups excluding carboxylic acids is 1. The van der Waals surface area contributed by atoms with Crippen molar-refractivity contribution in [2.45, 2.75) is 6.92 Å². The van der Waals surface area contributed by atoms with E-state index >= 15 is 0 Å². The van der Waals surface area contributed by atoms with Crippen LogP contribution in [0.5, 0.6) is 0 Å². The maximum Gasteiger partial charge on any atom is 0.251 e. The quantitative estimate of drug-likeness (QED) is 0.718. The van der Waals surface area contributed by atoms with Gasteiger partial charge in [-0.1, -0.05) is 54.6 Å². The molecular formula is C21H17F2NO. The molecule has 0 unspecified atom stereocenters. The van der Waals surface area contributed by atoms with Crippen molar-refractivity contribution < 1.29 is 13.6 Å². The standard InChI is InChI=1S/C21H17F2NO/c1-13-17(21(25)24-2)12-18(20(23)19(13)22)16-11-7-6-10-15(16)14-8-4-3-5-9-14/h3-12H,1-2H3,(H,24,25). The van der Waals surface area contributed by atoms with E-state index in [1.165, 1.54) is 20.0 Å². The fourth-order valence-electron chi connectivity index (χ4n) is 2.87. The first-order valence-corrected chi connectivity index (χ1v) is 7.90. The molecule has 1 amide bonds. The van der Waals surface area contributed by atoms with Gasteiger partial charge in [0.2, 0.25) is 0 Å². The van der Waals surface area contributed by atoms with Crippen LogP contribution in [0.2, 0.25) is 0 Å². The van der Waals surface area contributed by atoms with E-state index in [0.717, 1.165) is 11.1 Å². The average molecular weight is 337 g/mol. The molecule has 0 spiro atoms. The Morgan fingerprint density at radius 3 is 2.08 bits per heavy atom. The normalized spacial score (nSPS) is 10.6. The summed E-state index contributed by atoms with van der Waals surface area (Å²) >= 11 is 0. The number of nitrogens with one attached hydrogen (secondary N) is 1. The van der Waals surface area contributed by atoms with Crippen molar-refractivity contribution in [3.8, 4) is 22.3 Å². The van der Waals surface area contributed by atoms with E-state index in [1.54, 1.807) is 12.1 Å². The monoisotopic (exact) mass is 337 g/mol. The Morgan fingerprint density at radius 2 is 1.44 bits per heavy atom. The molecule has 0 aliphatic heterocycles. The summed E-state index contributed by atoms with van der Waals surface area (Å²) < 4.78 is 29.1.